The summed E-state index contributed by atoms with van der Waals surface area (Å²) >= 11 is 7.21. The number of benzene rings is 21. The van der Waals surface area contributed by atoms with E-state index in [1.807, 2.05) is 52.2 Å². The van der Waals surface area contributed by atoms with Gasteiger partial charge >= 0.3 is 0 Å². The van der Waals surface area contributed by atoms with E-state index in [2.05, 4.69) is 428 Å². The third-order valence-electron chi connectivity index (χ3n) is 29.9. The van der Waals surface area contributed by atoms with E-state index in [-0.39, 0.29) is 5.41 Å². The molecule has 0 spiro atoms. The van der Waals surface area contributed by atoms with Gasteiger partial charge in [-0.25, -0.2) is 29.9 Å². The van der Waals surface area contributed by atoms with Gasteiger partial charge in [-0.05, 0) is 163 Å². The Hall–Kier alpha value is -17.5. The van der Waals surface area contributed by atoms with Crippen molar-refractivity contribution < 1.29 is 4.42 Å². The molecule has 11 heterocycles. The van der Waals surface area contributed by atoms with Crippen molar-refractivity contribution in [1.29, 1.82) is 0 Å². The van der Waals surface area contributed by atoms with Gasteiger partial charge in [0.05, 0.1) is 44.5 Å². The zero-order valence-corrected chi connectivity index (χ0v) is 80.2. The Morgan fingerprint density at radius 2 is 0.643 bits per heavy atom. The van der Waals surface area contributed by atoms with Crippen molar-refractivity contribution in [2.24, 2.45) is 0 Å². The van der Waals surface area contributed by atoms with Crippen molar-refractivity contribution >= 4 is 279 Å². The Labute approximate surface area is 831 Å². The van der Waals surface area contributed by atoms with Crippen LogP contribution in [0.5, 0.6) is 0 Å². The van der Waals surface area contributed by atoms with Crippen LogP contribution < -0.4 is 0 Å². The number of para-hydroxylation sites is 1. The Bertz CT molecular complexity index is 11200. The van der Waals surface area contributed by atoms with E-state index in [9.17, 15) is 0 Å². The SMILES string of the molecule is CC1(C)c2ccccc2-c2nc(-n3c4cc5ccccc5cc4c4ccc5ccccc5c43)nc(-c3ccc4sc5ccccc5c4c3)c21.c1ccc2cc3c(cc2c1)c1c2ccccc2ccc1n3-c1nc2c(nc1-c1ccc3c(c1)sc1ccccc13)oc1ccccc12.c1ccc2cc3c(cc2c1)c1ccc2ccccc2c1n3-c1nc2c(nc1-c1ccc3c(c1)sc1ccccc13)sc1ccccc12. The molecule has 0 fully saturated rings. The Morgan fingerprint density at radius 3 is 1.25 bits per heavy atom. The fraction of sp³-hybridized carbons (Fsp3) is 0.0233. The molecule has 143 heavy (non-hydrogen) atoms. The lowest BCUT2D eigenvalue weighted by molar-refractivity contribution is 0.653. The van der Waals surface area contributed by atoms with Crippen LogP contribution in [-0.4, -0.2) is 43.6 Å². The predicted octanol–water partition coefficient (Wildman–Crippen LogP) is 36.3. The highest BCUT2D eigenvalue weighted by molar-refractivity contribution is 7.27. The lowest BCUT2D eigenvalue weighted by Crippen LogP contribution is -2.18. The predicted molar refractivity (Wildman–Crippen MR) is 607 cm³/mol. The van der Waals surface area contributed by atoms with E-state index in [1.165, 1.54) is 179 Å². The second kappa shape index (κ2) is 30.8. The fourth-order valence-electron chi connectivity index (χ4n) is 23.3. The number of aromatic nitrogens is 9. The summed E-state index contributed by atoms with van der Waals surface area (Å²) < 4.78 is 22.2. The Morgan fingerprint density at radius 1 is 0.238 bits per heavy atom. The first-order valence-electron chi connectivity index (χ1n) is 48.3. The molecule has 0 aliphatic heterocycles. The van der Waals surface area contributed by atoms with Crippen molar-refractivity contribution in [3.63, 3.8) is 0 Å². The summed E-state index contributed by atoms with van der Waals surface area (Å²) in [6.07, 6.45) is 0. The zero-order chi connectivity index (χ0) is 93.7. The van der Waals surface area contributed by atoms with Crippen LogP contribution >= 0.6 is 45.3 Å². The van der Waals surface area contributed by atoms with Gasteiger partial charge in [0.2, 0.25) is 11.7 Å². The summed E-state index contributed by atoms with van der Waals surface area (Å²) in [5.41, 5.74) is 20.1. The van der Waals surface area contributed by atoms with Crippen LogP contribution in [0.1, 0.15) is 25.0 Å². The molecule has 0 saturated heterocycles. The van der Waals surface area contributed by atoms with Crippen LogP contribution in [0, 0.1) is 0 Å². The molecule has 666 valence electrons. The van der Waals surface area contributed by atoms with E-state index in [4.69, 9.17) is 34.3 Å². The second-order valence-electron chi connectivity index (χ2n) is 38.2. The van der Waals surface area contributed by atoms with Crippen LogP contribution in [0.2, 0.25) is 0 Å². The van der Waals surface area contributed by atoms with Gasteiger partial charge in [-0.3, -0.25) is 13.7 Å². The molecule has 0 bridgehead atoms. The van der Waals surface area contributed by atoms with Gasteiger partial charge in [0.25, 0.3) is 0 Å². The average molecular weight is 1900 g/mol. The summed E-state index contributed by atoms with van der Waals surface area (Å²) in [7, 11) is 0. The molecule has 0 radical (unpaired) electrons. The number of rotatable bonds is 6. The Kier molecular flexibility index (Phi) is 17.3. The van der Waals surface area contributed by atoms with Crippen molar-refractivity contribution in [3.05, 3.63) is 430 Å². The first kappa shape index (κ1) is 80.4. The first-order valence-corrected chi connectivity index (χ1v) is 51.6. The van der Waals surface area contributed by atoms with Crippen LogP contribution in [0.25, 0.3) is 296 Å². The summed E-state index contributed by atoms with van der Waals surface area (Å²) in [6, 6.07) is 151. The maximum Gasteiger partial charge on any atom is 0.247 e. The number of nitrogens with zero attached hydrogens (tertiary/aromatic N) is 9. The van der Waals surface area contributed by atoms with E-state index < -0.39 is 0 Å². The molecule has 0 atom stereocenters. The number of hydrogen-bond donors (Lipinski definition) is 0. The molecule has 14 heteroatoms. The Balaban J connectivity index is 0.0000000981. The summed E-state index contributed by atoms with van der Waals surface area (Å²) in [5.74, 6) is 2.34. The highest BCUT2D eigenvalue weighted by Gasteiger charge is 2.41. The zero-order valence-electron chi connectivity index (χ0n) is 76.9. The molecule has 21 aromatic carbocycles. The molecular weight excluding hydrogens is 1820 g/mol. The summed E-state index contributed by atoms with van der Waals surface area (Å²) in [6.45, 7) is 4.64. The van der Waals surface area contributed by atoms with E-state index in [0.29, 0.717) is 11.7 Å². The van der Waals surface area contributed by atoms with Gasteiger partial charge in [-0.2, -0.15) is 0 Å². The average Bonchev–Trinajstić information content (AvgIpc) is 1.54. The van der Waals surface area contributed by atoms with Gasteiger partial charge in [-0.1, -0.05) is 329 Å². The number of thiophene rings is 4. The largest absolute Gasteiger partial charge is 0.436 e. The van der Waals surface area contributed by atoms with Gasteiger partial charge < -0.3 is 4.42 Å². The standard InChI is InChI=1S/C45H29N3S.C42H23N3OS.C42H23N3S2/c1-45(2)36-17-9-7-16-33(36)42-40(45)41(29-20-22-39-35(24-29)31-15-8-10-18-38(31)49-39)46-44(47-42)48-37-25-28-13-4-3-12-27(28)23-34(37)32-21-19-26-11-5-6-14-30(26)43(32)48;1-2-11-26-22-34-32(21-25(26)10-1)38-28-12-4-3-9-24(28)18-20-33(38)45(34)41-39(44-42-40(43-41)31-14-5-7-15-35(31)46-42)27-17-19-30-29-13-6-8-16-36(29)47-37(30)23-27;1-2-11-26-22-34-33(21-25(26)10-1)31-20-17-24-9-3-4-12-28(24)40(31)45(34)41-38(44-42-39(43-41)32-14-6-8-16-36(32)47-42)27-18-19-30-29-13-5-7-15-35(29)46-37(30)23-27/h3-25H,1-2H3;2*1-23H. The fourth-order valence-corrected chi connectivity index (χ4v) is 27.7. The van der Waals surface area contributed by atoms with Crippen molar-refractivity contribution in [3.8, 4) is 62.6 Å². The van der Waals surface area contributed by atoms with Gasteiger partial charge in [0.15, 0.2) is 11.6 Å². The second-order valence-corrected chi connectivity index (χ2v) is 42.5. The molecule has 0 N–H and O–H groups in total. The van der Waals surface area contributed by atoms with Gasteiger partial charge in [-0.15, -0.1) is 45.3 Å². The summed E-state index contributed by atoms with van der Waals surface area (Å²) in [5, 5.41) is 31.5. The van der Waals surface area contributed by atoms with Gasteiger partial charge in [0.1, 0.15) is 32.8 Å². The quantitative estimate of drug-likeness (QED) is 0.163. The van der Waals surface area contributed by atoms with E-state index in [1.54, 1.807) is 11.3 Å². The third-order valence-corrected chi connectivity index (χ3v) is 34.4. The highest BCUT2D eigenvalue weighted by Crippen LogP contribution is 2.54. The monoisotopic (exact) mass is 1890 g/mol. The minimum absolute atomic E-state index is 0.269. The van der Waals surface area contributed by atoms with Crippen LogP contribution in [0.15, 0.2) is 423 Å². The maximum absolute atomic E-state index is 6.33. The van der Waals surface area contributed by atoms with E-state index in [0.717, 1.165) is 116 Å². The van der Waals surface area contributed by atoms with Crippen molar-refractivity contribution in [2.75, 3.05) is 0 Å². The van der Waals surface area contributed by atoms with Crippen LogP contribution in [0.3, 0.4) is 0 Å². The molecule has 1 aliphatic rings. The highest BCUT2D eigenvalue weighted by atomic mass is 32.1. The molecular formula is C129H75N9OS4. The van der Waals surface area contributed by atoms with Crippen LogP contribution in [0.4, 0.5) is 0 Å². The maximum atomic E-state index is 6.33. The molecule has 0 amide bonds. The van der Waals surface area contributed by atoms with Gasteiger partial charge in [0, 0.05) is 152 Å². The van der Waals surface area contributed by atoms with Crippen molar-refractivity contribution in [2.45, 2.75) is 19.3 Å². The lowest BCUT2D eigenvalue weighted by Gasteiger charge is -2.24. The minimum Gasteiger partial charge on any atom is -0.436 e. The summed E-state index contributed by atoms with van der Waals surface area (Å²) in [4.78, 5) is 34.0. The first-order chi connectivity index (χ1) is 70.6. The lowest BCUT2D eigenvalue weighted by atomic mass is 9.81. The molecule has 10 nitrogen and oxygen atoms in total. The number of hydrogen-bond acceptors (Lipinski definition) is 11. The molecule has 32 aromatic rings. The van der Waals surface area contributed by atoms with Crippen LogP contribution in [-0.2, 0) is 5.41 Å². The molecule has 33 rings (SSSR count). The molecule has 11 aromatic heterocycles. The minimum atomic E-state index is -0.269. The smallest absolute Gasteiger partial charge is 0.247 e. The third kappa shape index (κ3) is 12.1. The topological polar surface area (TPSA) is 105 Å². The molecule has 0 unspecified atom stereocenters. The molecule has 1 aliphatic carbocycles. The normalized spacial score (nSPS) is 12.7. The number of furan rings is 1. The van der Waals surface area contributed by atoms with Crippen molar-refractivity contribution in [1.82, 2.24) is 43.6 Å². The molecule has 0 saturated carbocycles. The van der Waals surface area contributed by atoms with E-state index >= 15 is 0 Å². The number of fused-ring (bicyclic) bond motifs is 36.